The molecule has 130 valence electrons. The largest absolute Gasteiger partial charge is 0.422 e. The third-order valence-electron chi connectivity index (χ3n) is 3.79. The van der Waals surface area contributed by atoms with E-state index in [-0.39, 0.29) is 0 Å². The second-order valence-corrected chi connectivity index (χ2v) is 6.70. The minimum atomic E-state index is -0.449. The number of halogens is 2. The first-order valence-electron chi connectivity index (χ1n) is 8.03. The van der Waals surface area contributed by atoms with E-state index < -0.39 is 5.97 Å². The molecule has 3 aromatic rings. The Balaban J connectivity index is 1.94. The third kappa shape index (κ3) is 4.75. The molecule has 3 rings (SSSR count). The van der Waals surface area contributed by atoms with Gasteiger partial charge < -0.3 is 4.74 Å². The zero-order chi connectivity index (χ0) is 18.5. The summed E-state index contributed by atoms with van der Waals surface area (Å²) < 4.78 is 5.67. The van der Waals surface area contributed by atoms with E-state index in [2.05, 4.69) is 0 Å². The van der Waals surface area contributed by atoms with Gasteiger partial charge in [-0.3, -0.25) is 0 Å². The van der Waals surface area contributed by atoms with Gasteiger partial charge in [-0.1, -0.05) is 53.0 Å². The Kier molecular flexibility index (Phi) is 5.77. The van der Waals surface area contributed by atoms with Crippen molar-refractivity contribution in [1.29, 1.82) is 0 Å². The van der Waals surface area contributed by atoms with Crippen molar-refractivity contribution in [3.05, 3.63) is 105 Å². The molecule has 0 unspecified atom stereocenters. The molecular weight excluding hydrogens is 367 g/mol. The molecule has 0 aromatic heterocycles. The van der Waals surface area contributed by atoms with Crippen LogP contribution in [0.1, 0.15) is 27.0 Å². The van der Waals surface area contributed by atoms with Crippen LogP contribution >= 0.6 is 23.2 Å². The lowest BCUT2D eigenvalue weighted by Crippen LogP contribution is -2.04. The monoisotopic (exact) mass is 382 g/mol. The molecule has 2 nitrogen and oxygen atoms in total. The van der Waals surface area contributed by atoms with Crippen molar-refractivity contribution in [2.75, 3.05) is 0 Å². The van der Waals surface area contributed by atoms with E-state index >= 15 is 0 Å². The van der Waals surface area contributed by atoms with Gasteiger partial charge in [0.05, 0.1) is 5.56 Å². The molecule has 0 aliphatic rings. The van der Waals surface area contributed by atoms with Gasteiger partial charge in [0.1, 0.15) is 5.76 Å². The lowest BCUT2D eigenvalue weighted by molar-refractivity contribution is 0.0693. The highest BCUT2D eigenvalue weighted by atomic mass is 35.5. The van der Waals surface area contributed by atoms with E-state index in [1.807, 2.05) is 49.4 Å². The van der Waals surface area contributed by atoms with Gasteiger partial charge in [-0.05, 0) is 67.1 Å². The molecule has 0 radical (unpaired) electrons. The second-order valence-electron chi connectivity index (χ2n) is 5.82. The van der Waals surface area contributed by atoms with Gasteiger partial charge in [0, 0.05) is 15.6 Å². The molecule has 0 amide bonds. The zero-order valence-corrected chi connectivity index (χ0v) is 15.6. The van der Waals surface area contributed by atoms with Gasteiger partial charge in [-0.2, -0.15) is 0 Å². The van der Waals surface area contributed by atoms with Gasteiger partial charge in [-0.25, -0.2) is 4.79 Å². The molecule has 0 aliphatic heterocycles. The lowest BCUT2D eigenvalue weighted by Gasteiger charge is -2.10. The van der Waals surface area contributed by atoms with Crippen LogP contribution in [0.25, 0.3) is 11.8 Å². The highest BCUT2D eigenvalue weighted by molar-refractivity contribution is 6.31. The molecular formula is C22H16Cl2O2. The number of carbonyl (C=O) groups excluding carboxylic acids is 1. The van der Waals surface area contributed by atoms with Gasteiger partial charge >= 0.3 is 5.97 Å². The number of aryl methyl sites for hydroxylation is 1. The molecule has 0 atom stereocenters. The Labute approximate surface area is 162 Å². The SMILES string of the molecule is Cc1ccc(/C=C(\OC(=O)c2ccc(Cl)cc2)c2ccc(Cl)cc2)cc1. The van der Waals surface area contributed by atoms with Crippen molar-refractivity contribution in [3.63, 3.8) is 0 Å². The summed E-state index contributed by atoms with van der Waals surface area (Å²) in [5.74, 6) is 0.000415. The van der Waals surface area contributed by atoms with Crippen molar-refractivity contribution in [3.8, 4) is 0 Å². The van der Waals surface area contributed by atoms with Crippen molar-refractivity contribution in [1.82, 2.24) is 0 Å². The summed E-state index contributed by atoms with van der Waals surface area (Å²) in [5, 5.41) is 1.18. The maximum atomic E-state index is 12.5. The molecule has 0 bridgehead atoms. The number of carbonyl (C=O) groups is 1. The quantitative estimate of drug-likeness (QED) is 0.286. The van der Waals surface area contributed by atoms with Crippen LogP contribution in [0.4, 0.5) is 0 Å². The summed E-state index contributed by atoms with van der Waals surface area (Å²) in [6.07, 6.45) is 1.83. The number of hydrogen-bond acceptors (Lipinski definition) is 2. The average molecular weight is 383 g/mol. The smallest absolute Gasteiger partial charge is 0.343 e. The minimum Gasteiger partial charge on any atom is -0.422 e. The molecule has 0 N–H and O–H groups in total. The number of hydrogen-bond donors (Lipinski definition) is 0. The van der Waals surface area contributed by atoms with E-state index in [1.165, 1.54) is 0 Å². The molecule has 0 fully saturated rings. The van der Waals surface area contributed by atoms with Crippen molar-refractivity contribution in [2.45, 2.75) is 6.92 Å². The fourth-order valence-electron chi connectivity index (χ4n) is 2.34. The normalized spacial score (nSPS) is 11.3. The summed E-state index contributed by atoms with van der Waals surface area (Å²) in [7, 11) is 0. The molecule has 0 aliphatic carbocycles. The fourth-order valence-corrected chi connectivity index (χ4v) is 2.60. The fraction of sp³-hybridized carbons (Fsp3) is 0.0455. The summed E-state index contributed by atoms with van der Waals surface area (Å²) in [4.78, 5) is 12.5. The van der Waals surface area contributed by atoms with E-state index in [1.54, 1.807) is 36.4 Å². The molecule has 26 heavy (non-hydrogen) atoms. The highest BCUT2D eigenvalue weighted by Crippen LogP contribution is 2.23. The first kappa shape index (κ1) is 18.2. The molecule has 3 aromatic carbocycles. The highest BCUT2D eigenvalue weighted by Gasteiger charge is 2.12. The van der Waals surface area contributed by atoms with Gasteiger partial charge in [-0.15, -0.1) is 0 Å². The van der Waals surface area contributed by atoms with Crippen molar-refractivity contribution in [2.24, 2.45) is 0 Å². The predicted molar refractivity (Wildman–Crippen MR) is 107 cm³/mol. The van der Waals surface area contributed by atoms with Gasteiger partial charge in [0.15, 0.2) is 0 Å². The Hall–Kier alpha value is -2.55. The zero-order valence-electron chi connectivity index (χ0n) is 14.1. The molecule has 0 spiro atoms. The van der Waals surface area contributed by atoms with Gasteiger partial charge in [0.25, 0.3) is 0 Å². The molecule has 0 saturated heterocycles. The van der Waals surface area contributed by atoms with Crippen LogP contribution in [0, 0.1) is 6.92 Å². The minimum absolute atomic E-state index is 0.429. The first-order valence-corrected chi connectivity index (χ1v) is 8.79. The topological polar surface area (TPSA) is 26.3 Å². The maximum absolute atomic E-state index is 12.5. The molecule has 4 heteroatoms. The first-order chi connectivity index (χ1) is 12.5. The lowest BCUT2D eigenvalue weighted by atomic mass is 10.1. The Morgan fingerprint density at radius 3 is 1.81 bits per heavy atom. The maximum Gasteiger partial charge on any atom is 0.343 e. The summed E-state index contributed by atoms with van der Waals surface area (Å²) >= 11 is 11.8. The standard InChI is InChI=1S/C22H16Cl2O2/c1-15-2-4-16(5-3-15)14-21(17-6-10-19(23)11-7-17)26-22(25)18-8-12-20(24)13-9-18/h2-14H,1H3/b21-14-. The third-order valence-corrected chi connectivity index (χ3v) is 4.29. The summed E-state index contributed by atoms with van der Waals surface area (Å²) in [6, 6.07) is 21.7. The van der Waals surface area contributed by atoms with Crippen LogP contribution in [0.3, 0.4) is 0 Å². The number of rotatable bonds is 4. The number of esters is 1. The molecule has 0 heterocycles. The van der Waals surface area contributed by atoms with Crippen molar-refractivity contribution >= 4 is 41.0 Å². The van der Waals surface area contributed by atoms with Crippen LogP contribution in [-0.2, 0) is 4.74 Å². The predicted octanol–water partition coefficient (Wildman–Crippen LogP) is 6.66. The number of benzene rings is 3. The Bertz CT molecular complexity index is 925. The number of ether oxygens (including phenoxy) is 1. The van der Waals surface area contributed by atoms with E-state index in [4.69, 9.17) is 27.9 Å². The molecule has 0 saturated carbocycles. The summed E-state index contributed by atoms with van der Waals surface area (Å²) in [6.45, 7) is 2.02. The van der Waals surface area contributed by atoms with E-state index in [0.29, 0.717) is 21.4 Å². The average Bonchev–Trinajstić information content (AvgIpc) is 2.64. The summed E-state index contributed by atoms with van der Waals surface area (Å²) in [5.41, 5.74) is 3.29. The Morgan fingerprint density at radius 1 is 0.769 bits per heavy atom. The van der Waals surface area contributed by atoms with Crippen LogP contribution < -0.4 is 0 Å². The van der Waals surface area contributed by atoms with Crippen LogP contribution in [-0.4, -0.2) is 5.97 Å². The van der Waals surface area contributed by atoms with Gasteiger partial charge in [0.2, 0.25) is 0 Å². The van der Waals surface area contributed by atoms with Crippen molar-refractivity contribution < 1.29 is 9.53 Å². The van der Waals surface area contributed by atoms with E-state index in [9.17, 15) is 4.79 Å². The van der Waals surface area contributed by atoms with Crippen LogP contribution in [0.2, 0.25) is 10.0 Å². The van der Waals surface area contributed by atoms with Crippen LogP contribution in [0.5, 0.6) is 0 Å². The Morgan fingerprint density at radius 2 is 1.27 bits per heavy atom. The van der Waals surface area contributed by atoms with E-state index in [0.717, 1.165) is 16.7 Å². The second kappa shape index (κ2) is 8.22. The van der Waals surface area contributed by atoms with Crippen LogP contribution in [0.15, 0.2) is 72.8 Å².